The van der Waals surface area contributed by atoms with Crippen LogP contribution in [0.5, 0.6) is 5.75 Å². The maximum Gasteiger partial charge on any atom is 0.311 e. The van der Waals surface area contributed by atoms with Gasteiger partial charge in [-0.1, -0.05) is 28.1 Å². The Labute approximate surface area is 77.1 Å². The third-order valence-electron chi connectivity index (χ3n) is 1.44. The topological polar surface area (TPSA) is 63.4 Å². The van der Waals surface area contributed by atoms with E-state index >= 15 is 0 Å². The van der Waals surface area contributed by atoms with Gasteiger partial charge in [0.2, 0.25) is 0 Å². The van der Waals surface area contributed by atoms with E-state index in [1.807, 2.05) is 0 Å². The number of benzene rings is 1. The van der Waals surface area contributed by atoms with Crippen LogP contribution in [0.25, 0.3) is 0 Å². The largest absolute Gasteiger partial charge is 0.502 e. The fraction of sp³-hybridized carbons (Fsp3) is 0.143. The molecule has 0 aliphatic heterocycles. The molecule has 0 radical (unpaired) electrons. The number of nitro benzene ring substituents is 1. The summed E-state index contributed by atoms with van der Waals surface area (Å²) in [5.74, 6) is -0.264. The first-order chi connectivity index (χ1) is 5.66. The number of para-hydroxylation sites is 1. The molecule has 0 atom stereocenters. The standard InChI is InChI=1S/C7H6BrNO3/c8-4-5-2-1-3-6(7(5)10)9(11)12/h1-3,10H,4H2. The van der Waals surface area contributed by atoms with E-state index in [1.54, 1.807) is 6.07 Å². The molecule has 0 aliphatic carbocycles. The highest BCUT2D eigenvalue weighted by Gasteiger charge is 2.14. The predicted octanol–water partition coefficient (Wildman–Crippen LogP) is 2.20. The molecule has 4 nitrogen and oxygen atoms in total. The summed E-state index contributed by atoms with van der Waals surface area (Å²) in [5, 5.41) is 20.0. The molecular weight excluding hydrogens is 226 g/mol. The molecule has 1 aromatic rings. The maximum absolute atomic E-state index is 10.3. The Bertz CT molecular complexity index is 314. The van der Waals surface area contributed by atoms with Gasteiger partial charge >= 0.3 is 5.69 Å². The minimum atomic E-state index is -0.610. The van der Waals surface area contributed by atoms with Crippen LogP contribution in [0.15, 0.2) is 18.2 Å². The van der Waals surface area contributed by atoms with Gasteiger partial charge in [0, 0.05) is 17.0 Å². The lowest BCUT2D eigenvalue weighted by molar-refractivity contribution is -0.385. The quantitative estimate of drug-likeness (QED) is 0.482. The van der Waals surface area contributed by atoms with Gasteiger partial charge in [-0.15, -0.1) is 0 Å². The Kier molecular flexibility index (Phi) is 2.65. The number of phenolic OH excluding ortho intramolecular Hbond substituents is 1. The normalized spacial score (nSPS) is 9.75. The SMILES string of the molecule is O=[N+]([O-])c1cccc(CBr)c1O. The highest BCUT2D eigenvalue weighted by atomic mass is 79.9. The summed E-state index contributed by atoms with van der Waals surface area (Å²) in [6, 6.07) is 4.42. The summed E-state index contributed by atoms with van der Waals surface area (Å²) in [7, 11) is 0. The molecule has 0 aliphatic rings. The average Bonchev–Trinajstić information content (AvgIpc) is 2.04. The first-order valence-corrected chi connectivity index (χ1v) is 4.30. The van der Waals surface area contributed by atoms with Crippen LogP contribution in [0, 0.1) is 10.1 Å². The molecule has 0 heterocycles. The van der Waals surface area contributed by atoms with Gasteiger partial charge < -0.3 is 5.11 Å². The van der Waals surface area contributed by atoms with Crippen molar-refractivity contribution in [3.8, 4) is 5.75 Å². The highest BCUT2D eigenvalue weighted by molar-refractivity contribution is 9.08. The second-order valence-electron chi connectivity index (χ2n) is 2.18. The van der Waals surface area contributed by atoms with E-state index in [2.05, 4.69) is 15.9 Å². The second-order valence-corrected chi connectivity index (χ2v) is 2.74. The van der Waals surface area contributed by atoms with E-state index < -0.39 is 4.92 Å². The zero-order chi connectivity index (χ0) is 9.14. The van der Waals surface area contributed by atoms with E-state index in [1.165, 1.54) is 12.1 Å². The van der Waals surface area contributed by atoms with Crippen molar-refractivity contribution >= 4 is 21.6 Å². The van der Waals surface area contributed by atoms with Gasteiger partial charge in [0.1, 0.15) is 0 Å². The molecule has 1 aromatic carbocycles. The smallest absolute Gasteiger partial charge is 0.311 e. The number of aromatic hydroxyl groups is 1. The first-order valence-electron chi connectivity index (χ1n) is 3.18. The molecule has 0 amide bonds. The van der Waals surface area contributed by atoms with Crippen LogP contribution in [-0.4, -0.2) is 10.0 Å². The lowest BCUT2D eigenvalue weighted by atomic mass is 10.2. The predicted molar refractivity (Wildman–Crippen MR) is 47.4 cm³/mol. The number of alkyl halides is 1. The summed E-state index contributed by atoms with van der Waals surface area (Å²) < 4.78 is 0. The molecule has 1 N–H and O–H groups in total. The highest BCUT2D eigenvalue weighted by Crippen LogP contribution is 2.30. The van der Waals surface area contributed by atoms with Gasteiger partial charge in [-0.25, -0.2) is 0 Å². The molecule has 0 unspecified atom stereocenters. The van der Waals surface area contributed by atoms with E-state index in [0.29, 0.717) is 10.9 Å². The molecule has 5 heteroatoms. The van der Waals surface area contributed by atoms with Crippen molar-refractivity contribution in [2.75, 3.05) is 0 Å². The van der Waals surface area contributed by atoms with Gasteiger partial charge in [-0.2, -0.15) is 0 Å². The van der Waals surface area contributed by atoms with Crippen LogP contribution in [0.3, 0.4) is 0 Å². The van der Waals surface area contributed by atoms with Gasteiger partial charge in [-0.05, 0) is 0 Å². The number of rotatable bonds is 2. The van der Waals surface area contributed by atoms with Gasteiger partial charge in [0.05, 0.1) is 4.92 Å². The Morgan fingerprint density at radius 2 is 2.25 bits per heavy atom. The molecule has 0 bridgehead atoms. The molecule has 0 aromatic heterocycles. The lowest BCUT2D eigenvalue weighted by Gasteiger charge is -1.99. The van der Waals surface area contributed by atoms with E-state index in [9.17, 15) is 15.2 Å². The van der Waals surface area contributed by atoms with Crippen molar-refractivity contribution < 1.29 is 10.0 Å². The minimum absolute atomic E-state index is 0.257. The van der Waals surface area contributed by atoms with Gasteiger partial charge in [0.25, 0.3) is 0 Å². The third kappa shape index (κ3) is 1.55. The Hall–Kier alpha value is -1.10. The van der Waals surface area contributed by atoms with Crippen molar-refractivity contribution in [3.05, 3.63) is 33.9 Å². The molecule has 64 valence electrons. The van der Waals surface area contributed by atoms with Crippen molar-refractivity contribution in [1.82, 2.24) is 0 Å². The Morgan fingerprint density at radius 1 is 1.58 bits per heavy atom. The molecule has 0 spiro atoms. The lowest BCUT2D eigenvalue weighted by Crippen LogP contribution is -1.90. The average molecular weight is 232 g/mol. The summed E-state index contributed by atoms with van der Waals surface area (Å²) in [5.41, 5.74) is 0.260. The molecule has 12 heavy (non-hydrogen) atoms. The Morgan fingerprint density at radius 3 is 2.75 bits per heavy atom. The molecule has 1 rings (SSSR count). The summed E-state index contributed by atoms with van der Waals surface area (Å²) in [6.07, 6.45) is 0. The van der Waals surface area contributed by atoms with Gasteiger partial charge in [-0.3, -0.25) is 10.1 Å². The Balaban J connectivity index is 3.23. The van der Waals surface area contributed by atoms with Crippen molar-refractivity contribution in [2.45, 2.75) is 5.33 Å². The number of halogens is 1. The van der Waals surface area contributed by atoms with E-state index in [-0.39, 0.29) is 11.4 Å². The zero-order valence-corrected chi connectivity index (χ0v) is 7.61. The number of hydrogen-bond acceptors (Lipinski definition) is 3. The number of nitrogens with zero attached hydrogens (tertiary/aromatic N) is 1. The van der Waals surface area contributed by atoms with Crippen molar-refractivity contribution in [2.24, 2.45) is 0 Å². The fourth-order valence-corrected chi connectivity index (χ4v) is 1.29. The molecular formula is C7H6BrNO3. The van der Waals surface area contributed by atoms with Crippen LogP contribution in [0.2, 0.25) is 0 Å². The summed E-state index contributed by atoms with van der Waals surface area (Å²) >= 11 is 3.11. The summed E-state index contributed by atoms with van der Waals surface area (Å²) in [4.78, 5) is 9.71. The number of hydrogen-bond donors (Lipinski definition) is 1. The zero-order valence-electron chi connectivity index (χ0n) is 6.03. The van der Waals surface area contributed by atoms with Crippen LogP contribution in [0.1, 0.15) is 5.56 Å². The van der Waals surface area contributed by atoms with Crippen LogP contribution in [0.4, 0.5) is 5.69 Å². The van der Waals surface area contributed by atoms with Crippen molar-refractivity contribution in [1.29, 1.82) is 0 Å². The van der Waals surface area contributed by atoms with E-state index in [4.69, 9.17) is 0 Å². The van der Waals surface area contributed by atoms with Crippen LogP contribution >= 0.6 is 15.9 Å². The van der Waals surface area contributed by atoms with Crippen LogP contribution < -0.4 is 0 Å². The summed E-state index contributed by atoms with van der Waals surface area (Å²) in [6.45, 7) is 0. The van der Waals surface area contributed by atoms with Gasteiger partial charge in [0.15, 0.2) is 5.75 Å². The molecule has 0 fully saturated rings. The fourth-order valence-electron chi connectivity index (χ4n) is 0.833. The first kappa shape index (κ1) is 8.99. The number of nitro groups is 1. The monoisotopic (exact) mass is 231 g/mol. The maximum atomic E-state index is 10.3. The molecule has 0 saturated heterocycles. The van der Waals surface area contributed by atoms with E-state index in [0.717, 1.165) is 0 Å². The van der Waals surface area contributed by atoms with Crippen molar-refractivity contribution in [3.63, 3.8) is 0 Å². The van der Waals surface area contributed by atoms with Crippen LogP contribution in [-0.2, 0) is 5.33 Å². The minimum Gasteiger partial charge on any atom is -0.502 e. The number of phenols is 1. The second kappa shape index (κ2) is 3.53. The molecule has 0 saturated carbocycles. The third-order valence-corrected chi connectivity index (χ3v) is 2.04.